The number of benzene rings is 2. The highest BCUT2D eigenvalue weighted by molar-refractivity contribution is 6.34. The molecule has 0 saturated carbocycles. The van der Waals surface area contributed by atoms with Crippen molar-refractivity contribution in [2.24, 2.45) is 0 Å². The second kappa shape index (κ2) is 10.8. The summed E-state index contributed by atoms with van der Waals surface area (Å²) < 4.78 is 15.1. The molecule has 0 spiro atoms. The molecule has 4 aromatic rings. The standard InChI is InChI=1S/C30H29ClFN5O3/c1-17(22-12-19(4-6-25(22)32)18-8-10-37(11-9-18)29(38)39)36-27-23-13-20(5-7-26(23)33-16-24(27)31)21-14-34-28(35-15-21)30(2,3)40/h4-8,12-17,40H,9-11H2,1-3H3,(H,33,36)(H,38,39). The van der Waals surface area contributed by atoms with Crippen LogP contribution in [-0.2, 0) is 5.60 Å². The van der Waals surface area contributed by atoms with Crippen molar-refractivity contribution in [3.05, 3.63) is 88.9 Å². The van der Waals surface area contributed by atoms with Crippen LogP contribution < -0.4 is 5.32 Å². The Kier molecular flexibility index (Phi) is 7.44. The fourth-order valence-corrected chi connectivity index (χ4v) is 4.97. The number of hydrogen-bond acceptors (Lipinski definition) is 6. The number of nitrogens with one attached hydrogen (secondary N) is 1. The molecule has 0 aliphatic carbocycles. The average molecular weight is 562 g/mol. The Labute approximate surface area is 236 Å². The van der Waals surface area contributed by atoms with E-state index in [1.54, 1.807) is 44.6 Å². The van der Waals surface area contributed by atoms with Crippen molar-refractivity contribution >= 4 is 39.9 Å². The Bertz CT molecular complexity index is 1620. The first-order valence-corrected chi connectivity index (χ1v) is 13.3. The van der Waals surface area contributed by atoms with Crippen LogP contribution in [0.5, 0.6) is 0 Å². The molecular weight excluding hydrogens is 533 g/mol. The molecular formula is C30H29ClFN5O3. The number of carbonyl (C=O) groups is 1. The molecule has 206 valence electrons. The van der Waals surface area contributed by atoms with Gasteiger partial charge in [-0.15, -0.1) is 0 Å². The largest absolute Gasteiger partial charge is 0.465 e. The van der Waals surface area contributed by atoms with Gasteiger partial charge < -0.3 is 20.4 Å². The number of amides is 1. The van der Waals surface area contributed by atoms with Gasteiger partial charge in [-0.05, 0) is 68.2 Å². The summed E-state index contributed by atoms with van der Waals surface area (Å²) in [5, 5.41) is 23.9. The molecule has 1 atom stereocenters. The van der Waals surface area contributed by atoms with E-state index in [2.05, 4.69) is 20.3 Å². The Hall–Kier alpha value is -4.08. The van der Waals surface area contributed by atoms with Crippen LogP contribution in [0.1, 0.15) is 50.2 Å². The van der Waals surface area contributed by atoms with E-state index in [9.17, 15) is 15.0 Å². The van der Waals surface area contributed by atoms with Crippen molar-refractivity contribution in [2.75, 3.05) is 18.4 Å². The summed E-state index contributed by atoms with van der Waals surface area (Å²) >= 11 is 6.60. The van der Waals surface area contributed by atoms with Crippen LogP contribution in [0.4, 0.5) is 14.9 Å². The molecule has 1 amide bonds. The Morgan fingerprint density at radius 3 is 2.45 bits per heavy atom. The van der Waals surface area contributed by atoms with E-state index in [1.165, 1.54) is 11.0 Å². The zero-order chi connectivity index (χ0) is 28.6. The predicted octanol–water partition coefficient (Wildman–Crippen LogP) is 6.65. The lowest BCUT2D eigenvalue weighted by Crippen LogP contribution is -2.33. The highest BCUT2D eigenvalue weighted by Crippen LogP contribution is 2.36. The van der Waals surface area contributed by atoms with Crippen molar-refractivity contribution in [3.8, 4) is 11.1 Å². The molecule has 0 radical (unpaired) electrons. The maximum atomic E-state index is 15.1. The van der Waals surface area contributed by atoms with E-state index in [1.807, 2.05) is 31.2 Å². The minimum absolute atomic E-state index is 0.303. The lowest BCUT2D eigenvalue weighted by Gasteiger charge is -2.25. The molecule has 1 unspecified atom stereocenters. The normalized spacial score (nSPS) is 14.7. The maximum Gasteiger partial charge on any atom is 0.407 e. The fourth-order valence-electron chi connectivity index (χ4n) is 4.76. The first-order chi connectivity index (χ1) is 19.0. The molecule has 8 nitrogen and oxygen atoms in total. The molecule has 1 aliphatic rings. The van der Waals surface area contributed by atoms with Crippen molar-refractivity contribution in [1.29, 1.82) is 0 Å². The molecule has 10 heteroatoms. The molecule has 0 saturated heterocycles. The lowest BCUT2D eigenvalue weighted by atomic mass is 9.95. The van der Waals surface area contributed by atoms with E-state index >= 15 is 4.39 Å². The molecule has 5 rings (SSSR count). The summed E-state index contributed by atoms with van der Waals surface area (Å²) in [6, 6.07) is 10.2. The summed E-state index contributed by atoms with van der Waals surface area (Å²) in [5.74, 6) is -0.0306. The number of nitrogens with zero attached hydrogens (tertiary/aromatic N) is 4. The topological polar surface area (TPSA) is 111 Å². The highest BCUT2D eigenvalue weighted by atomic mass is 35.5. The summed E-state index contributed by atoms with van der Waals surface area (Å²) in [5.41, 5.74) is 4.09. The molecule has 0 fully saturated rings. The fraction of sp³-hybridized carbons (Fsp3) is 0.267. The van der Waals surface area contributed by atoms with Crippen molar-refractivity contribution in [1.82, 2.24) is 19.9 Å². The van der Waals surface area contributed by atoms with E-state index in [0.717, 1.165) is 27.6 Å². The van der Waals surface area contributed by atoms with Crippen LogP contribution in [0.3, 0.4) is 0 Å². The van der Waals surface area contributed by atoms with Gasteiger partial charge in [0.15, 0.2) is 5.82 Å². The van der Waals surface area contributed by atoms with Gasteiger partial charge in [0.2, 0.25) is 0 Å². The monoisotopic (exact) mass is 561 g/mol. The molecule has 3 heterocycles. The third-order valence-corrected chi connectivity index (χ3v) is 7.31. The summed E-state index contributed by atoms with van der Waals surface area (Å²) in [6.45, 7) is 5.82. The Morgan fingerprint density at radius 1 is 1.07 bits per heavy atom. The number of pyridine rings is 1. The van der Waals surface area contributed by atoms with Crippen LogP contribution >= 0.6 is 11.6 Å². The van der Waals surface area contributed by atoms with Crippen LogP contribution in [-0.4, -0.2) is 49.2 Å². The first-order valence-electron chi connectivity index (χ1n) is 12.9. The van der Waals surface area contributed by atoms with Crippen LogP contribution in [0, 0.1) is 5.82 Å². The number of fused-ring (bicyclic) bond motifs is 1. The van der Waals surface area contributed by atoms with E-state index < -0.39 is 17.7 Å². The van der Waals surface area contributed by atoms with Gasteiger partial charge in [-0.3, -0.25) is 4.98 Å². The molecule has 3 N–H and O–H groups in total. The number of aliphatic hydroxyl groups is 1. The quantitative estimate of drug-likeness (QED) is 0.241. The zero-order valence-electron chi connectivity index (χ0n) is 22.3. The predicted molar refractivity (Wildman–Crippen MR) is 154 cm³/mol. The van der Waals surface area contributed by atoms with Crippen LogP contribution in [0.2, 0.25) is 5.02 Å². The number of halogens is 2. The summed E-state index contributed by atoms with van der Waals surface area (Å²) in [4.78, 5) is 25.6. The molecule has 0 bridgehead atoms. The second-order valence-corrected chi connectivity index (χ2v) is 10.8. The number of anilines is 1. The van der Waals surface area contributed by atoms with Gasteiger partial charge in [-0.1, -0.05) is 29.8 Å². The van der Waals surface area contributed by atoms with Crippen LogP contribution in [0.25, 0.3) is 27.6 Å². The van der Waals surface area contributed by atoms with E-state index in [4.69, 9.17) is 11.6 Å². The summed E-state index contributed by atoms with van der Waals surface area (Å²) in [6.07, 6.45) is 6.37. The van der Waals surface area contributed by atoms with Gasteiger partial charge in [0.25, 0.3) is 0 Å². The van der Waals surface area contributed by atoms with Gasteiger partial charge >= 0.3 is 6.09 Å². The van der Waals surface area contributed by atoms with Gasteiger partial charge in [0, 0.05) is 48.2 Å². The van der Waals surface area contributed by atoms with Gasteiger partial charge in [-0.2, -0.15) is 0 Å². The van der Waals surface area contributed by atoms with Crippen molar-refractivity contribution in [3.63, 3.8) is 0 Å². The first kappa shape index (κ1) is 27.5. The second-order valence-electron chi connectivity index (χ2n) is 10.4. The maximum absolute atomic E-state index is 15.1. The van der Waals surface area contributed by atoms with Gasteiger partial charge in [0.05, 0.1) is 22.3 Å². The number of rotatable bonds is 6. The van der Waals surface area contributed by atoms with Crippen LogP contribution in [0.15, 0.2) is 61.1 Å². The number of hydrogen-bond donors (Lipinski definition) is 3. The van der Waals surface area contributed by atoms with Crippen molar-refractivity contribution < 1.29 is 19.4 Å². The highest BCUT2D eigenvalue weighted by Gasteiger charge is 2.21. The van der Waals surface area contributed by atoms with E-state index in [0.29, 0.717) is 47.1 Å². The lowest BCUT2D eigenvalue weighted by molar-refractivity contribution is 0.0687. The minimum atomic E-state index is -1.15. The Morgan fingerprint density at radius 2 is 1.80 bits per heavy atom. The summed E-state index contributed by atoms with van der Waals surface area (Å²) in [7, 11) is 0. The molecule has 2 aromatic carbocycles. The number of aromatic nitrogens is 3. The molecule has 2 aromatic heterocycles. The van der Waals surface area contributed by atoms with Gasteiger partial charge in [-0.25, -0.2) is 19.2 Å². The minimum Gasteiger partial charge on any atom is -0.465 e. The molecule has 1 aliphatic heterocycles. The smallest absolute Gasteiger partial charge is 0.407 e. The molecule has 40 heavy (non-hydrogen) atoms. The number of carboxylic acid groups (broad SMARTS) is 1. The van der Waals surface area contributed by atoms with Crippen molar-refractivity contribution in [2.45, 2.75) is 38.8 Å². The average Bonchev–Trinajstić information content (AvgIpc) is 2.94. The SMILES string of the molecule is CC(Nc1c(Cl)cnc2ccc(-c3cnc(C(C)(C)O)nc3)cc12)c1cc(C2=CCN(C(=O)O)CC2)ccc1F. The zero-order valence-corrected chi connectivity index (χ0v) is 23.1. The third-order valence-electron chi connectivity index (χ3n) is 7.03. The van der Waals surface area contributed by atoms with E-state index in [-0.39, 0.29) is 5.82 Å². The Balaban J connectivity index is 1.46. The third kappa shape index (κ3) is 5.61. The van der Waals surface area contributed by atoms with Gasteiger partial charge in [0.1, 0.15) is 11.4 Å².